The van der Waals surface area contributed by atoms with Crippen LogP contribution in [0.4, 0.5) is 17.8 Å². The number of rotatable bonds is 1. The van der Waals surface area contributed by atoms with E-state index in [9.17, 15) is 0 Å². The van der Waals surface area contributed by atoms with Crippen molar-refractivity contribution in [2.24, 2.45) is 16.5 Å². The molecule has 0 saturated carbocycles. The molecule has 1 rings (SSSR count). The lowest BCUT2D eigenvalue weighted by Gasteiger charge is -2.06. The second kappa shape index (κ2) is 5.73. The summed E-state index contributed by atoms with van der Waals surface area (Å²) in [6.45, 7) is 0. The zero-order chi connectivity index (χ0) is 13.6. The number of guanidine groups is 1. The molecule has 96 valence electrons. The first-order valence-corrected chi connectivity index (χ1v) is 4.94. The van der Waals surface area contributed by atoms with Gasteiger partial charge in [0.25, 0.3) is 5.95 Å². The van der Waals surface area contributed by atoms with E-state index in [1.54, 1.807) is 0 Å². The van der Waals surface area contributed by atoms with Crippen LogP contribution in [-0.4, -0.2) is 38.4 Å². The molecule has 12 nitrogen and oxygen atoms in total. The summed E-state index contributed by atoms with van der Waals surface area (Å²) in [4.78, 5) is 14.3. The van der Waals surface area contributed by atoms with Gasteiger partial charge in [-0.1, -0.05) is 0 Å². The first kappa shape index (κ1) is 14.8. The number of nitrogen functional groups attached to an aromatic ring is 2. The van der Waals surface area contributed by atoms with E-state index in [4.69, 9.17) is 40.5 Å². The molecule has 1 aromatic heterocycles. The highest BCUT2D eigenvalue weighted by Gasteiger charge is 1.99. The summed E-state index contributed by atoms with van der Waals surface area (Å²) in [5.41, 5.74) is 20.6. The predicted molar refractivity (Wildman–Crippen MR) is 54.6 cm³/mol. The third kappa shape index (κ3) is 10.0. The summed E-state index contributed by atoms with van der Waals surface area (Å²) < 4.78 is 34.1. The molecule has 0 spiro atoms. The number of anilines is 2. The Bertz CT molecular complexity index is 480. The molecule has 17 heavy (non-hydrogen) atoms. The third-order valence-corrected chi connectivity index (χ3v) is 0.887. The van der Waals surface area contributed by atoms with Gasteiger partial charge in [0.15, 0.2) is 5.96 Å². The van der Waals surface area contributed by atoms with Gasteiger partial charge in [0, 0.05) is 10.4 Å². The quantitative estimate of drug-likeness (QED) is 0.168. The molecule has 0 radical (unpaired) electrons. The molecule has 0 amide bonds. The van der Waals surface area contributed by atoms with Gasteiger partial charge in [0.1, 0.15) is 0 Å². The fourth-order valence-corrected chi connectivity index (χ4v) is 0.563. The van der Waals surface area contributed by atoms with Crippen LogP contribution in [0.5, 0.6) is 0 Å². The van der Waals surface area contributed by atoms with Gasteiger partial charge in [-0.15, -0.1) is 0 Å². The van der Waals surface area contributed by atoms with Crippen LogP contribution in [-0.2, 0) is 10.4 Å². The molecule has 0 aliphatic heterocycles. The number of nitrogens with zero attached hydrogens (tertiary/aromatic N) is 4. The predicted octanol–water partition coefficient (Wildman–Crippen LogP) is -3.40. The second-order valence-corrected chi connectivity index (χ2v) is 3.11. The van der Waals surface area contributed by atoms with Crippen molar-refractivity contribution in [3.8, 4) is 0 Å². The first-order chi connectivity index (χ1) is 7.58. The third-order valence-electron chi connectivity index (χ3n) is 0.887. The van der Waals surface area contributed by atoms with Crippen molar-refractivity contribution in [3.63, 3.8) is 0 Å². The first-order valence-electron chi connectivity index (χ1n) is 3.61. The van der Waals surface area contributed by atoms with E-state index in [1.807, 2.05) is 0 Å². The van der Waals surface area contributed by atoms with Crippen LogP contribution in [0.15, 0.2) is 4.99 Å². The summed E-state index contributed by atoms with van der Waals surface area (Å²) in [5.74, 6) is -0.218. The Kier molecular flexibility index (Phi) is 4.97. The van der Waals surface area contributed by atoms with Gasteiger partial charge >= 0.3 is 0 Å². The Morgan fingerprint density at radius 2 is 1.41 bits per heavy atom. The average molecular weight is 264 g/mol. The molecule has 0 atom stereocenters. The zero-order valence-corrected chi connectivity index (χ0v) is 8.96. The Labute approximate surface area is 95.3 Å². The minimum absolute atomic E-state index is 0.000000000000000444. The average Bonchev–Trinajstić information content (AvgIpc) is 1.95. The Morgan fingerprint density at radius 3 is 1.71 bits per heavy atom. The summed E-state index contributed by atoms with van der Waals surface area (Å²) in [5, 5.41) is 0. The smallest absolute Gasteiger partial charge is 0.259 e. The molecule has 0 unspecified atom stereocenters. The van der Waals surface area contributed by atoms with E-state index < -0.39 is 10.4 Å². The molecule has 8 N–H and O–H groups in total. The minimum atomic E-state index is -5.17. The van der Waals surface area contributed by atoms with Gasteiger partial charge in [-0.3, -0.25) is 8.42 Å². The zero-order valence-electron chi connectivity index (χ0n) is 8.14. The fourth-order valence-electron chi connectivity index (χ4n) is 0.563. The number of hydrogen-bond acceptors (Lipinski definition) is 10. The van der Waals surface area contributed by atoms with E-state index in [1.165, 1.54) is 0 Å². The molecule has 1 heterocycles. The maximum absolute atomic E-state index is 8.52. The standard InChI is InChI=1S/C4H8N8.H2O4S/c5-1(6)9-4-11-2(7)10-3(8)12-4;1-5(2,3)4/h(H8,5,6,7,8,9,10,11,12);(H2,1,2,3,4)/p-2. The van der Waals surface area contributed by atoms with Crippen molar-refractivity contribution in [2.75, 3.05) is 11.5 Å². The van der Waals surface area contributed by atoms with Crippen LogP contribution in [0.1, 0.15) is 0 Å². The topological polar surface area (TPSA) is 235 Å². The van der Waals surface area contributed by atoms with Gasteiger partial charge in [-0.2, -0.15) is 19.9 Å². The van der Waals surface area contributed by atoms with Gasteiger partial charge in [-0.25, -0.2) is 0 Å². The maximum Gasteiger partial charge on any atom is 0.259 e. The van der Waals surface area contributed by atoms with Gasteiger partial charge in [0.2, 0.25) is 11.9 Å². The minimum Gasteiger partial charge on any atom is -0.759 e. The van der Waals surface area contributed by atoms with Crippen LogP contribution in [0.3, 0.4) is 0 Å². The van der Waals surface area contributed by atoms with Crippen LogP contribution < -0.4 is 22.9 Å². The molecule has 1 aromatic rings. The van der Waals surface area contributed by atoms with Crippen LogP contribution in [0.25, 0.3) is 0 Å². The Balaban J connectivity index is 0.000000437. The number of hydrogen-bond donors (Lipinski definition) is 4. The van der Waals surface area contributed by atoms with Crippen LogP contribution >= 0.6 is 0 Å². The van der Waals surface area contributed by atoms with Crippen molar-refractivity contribution < 1.29 is 17.5 Å². The van der Waals surface area contributed by atoms with Crippen LogP contribution in [0.2, 0.25) is 0 Å². The molecular weight excluding hydrogens is 256 g/mol. The van der Waals surface area contributed by atoms with Crippen LogP contribution in [0, 0.1) is 0 Å². The monoisotopic (exact) mass is 264 g/mol. The molecule has 13 heteroatoms. The van der Waals surface area contributed by atoms with Gasteiger partial charge < -0.3 is 32.0 Å². The normalized spacial score (nSPS) is 10.0. The number of nitrogens with two attached hydrogens (primary N) is 4. The molecular formula is C4H8N8O4S-2. The van der Waals surface area contributed by atoms with Crippen molar-refractivity contribution in [1.82, 2.24) is 15.0 Å². The van der Waals surface area contributed by atoms with Gasteiger partial charge in [0.05, 0.1) is 0 Å². The van der Waals surface area contributed by atoms with E-state index in [-0.39, 0.29) is 23.8 Å². The summed E-state index contributed by atoms with van der Waals surface area (Å²) in [7, 11) is -5.17. The summed E-state index contributed by atoms with van der Waals surface area (Å²) >= 11 is 0. The molecule has 0 saturated heterocycles. The van der Waals surface area contributed by atoms with Crippen molar-refractivity contribution in [2.45, 2.75) is 0 Å². The lowest BCUT2D eigenvalue weighted by Crippen LogP contribution is -2.22. The Morgan fingerprint density at radius 1 is 1.06 bits per heavy atom. The van der Waals surface area contributed by atoms with Crippen molar-refractivity contribution in [1.29, 1.82) is 0 Å². The number of aliphatic imine (C=N–C) groups is 1. The highest BCUT2D eigenvalue weighted by Crippen LogP contribution is 2.05. The highest BCUT2D eigenvalue weighted by atomic mass is 32.3. The largest absolute Gasteiger partial charge is 0.759 e. The van der Waals surface area contributed by atoms with Crippen molar-refractivity contribution in [3.05, 3.63) is 0 Å². The van der Waals surface area contributed by atoms with Gasteiger partial charge in [-0.05, 0) is 0 Å². The SMILES string of the molecule is NC(N)=Nc1nc(N)nc(N)n1.O=S(=O)([O-])[O-]. The van der Waals surface area contributed by atoms with E-state index in [0.29, 0.717) is 0 Å². The highest BCUT2D eigenvalue weighted by molar-refractivity contribution is 7.79. The summed E-state index contributed by atoms with van der Waals surface area (Å²) in [6, 6.07) is 0. The van der Waals surface area contributed by atoms with Crippen molar-refractivity contribution >= 4 is 34.2 Å². The number of aromatic nitrogens is 3. The molecule has 0 aromatic carbocycles. The summed E-state index contributed by atoms with van der Waals surface area (Å²) in [6.07, 6.45) is 0. The fraction of sp³-hybridized carbons (Fsp3) is 0. The van der Waals surface area contributed by atoms with E-state index in [0.717, 1.165) is 0 Å². The molecule has 0 aliphatic carbocycles. The maximum atomic E-state index is 8.52. The second-order valence-electron chi connectivity index (χ2n) is 2.30. The van der Waals surface area contributed by atoms with E-state index in [2.05, 4.69) is 19.9 Å². The molecule has 0 fully saturated rings. The lowest BCUT2D eigenvalue weighted by atomic mass is 10.8. The van der Waals surface area contributed by atoms with E-state index >= 15 is 0 Å². The Hall–Kier alpha value is -2.25. The lowest BCUT2D eigenvalue weighted by molar-refractivity contribution is 0.352. The molecule has 0 bridgehead atoms. The molecule has 0 aliphatic rings.